The second kappa shape index (κ2) is 5.21. The standard InChI is InChI=1S/C15H21N3O/c1-18-7-6-12(10-18)17-15(19)8-11-9-16-14-5-3-2-4-13(11)14/h2-5,11-12,16H,6-10H2,1H3,(H,17,19). The summed E-state index contributed by atoms with van der Waals surface area (Å²) in [7, 11) is 2.10. The molecule has 19 heavy (non-hydrogen) atoms. The summed E-state index contributed by atoms with van der Waals surface area (Å²) in [6.45, 7) is 2.93. The quantitative estimate of drug-likeness (QED) is 0.862. The third-order valence-corrected chi connectivity index (χ3v) is 4.13. The predicted octanol–water partition coefficient (Wildman–Crippen LogP) is 1.41. The molecule has 0 aliphatic carbocycles. The van der Waals surface area contributed by atoms with Crippen LogP contribution in [0.25, 0.3) is 0 Å². The number of likely N-dealkylation sites (tertiary alicyclic amines) is 1. The molecule has 2 aliphatic heterocycles. The zero-order valence-corrected chi connectivity index (χ0v) is 11.4. The molecule has 0 bridgehead atoms. The van der Waals surface area contributed by atoms with Gasteiger partial charge in [-0.25, -0.2) is 0 Å². The summed E-state index contributed by atoms with van der Waals surface area (Å²) in [5, 5.41) is 6.53. The molecule has 4 nitrogen and oxygen atoms in total. The first kappa shape index (κ1) is 12.5. The number of hydrogen-bond acceptors (Lipinski definition) is 3. The van der Waals surface area contributed by atoms with Crippen LogP contribution in [0.15, 0.2) is 24.3 Å². The Labute approximate surface area is 114 Å². The average molecular weight is 259 g/mol. The fraction of sp³-hybridized carbons (Fsp3) is 0.533. The Hall–Kier alpha value is -1.55. The Kier molecular flexibility index (Phi) is 3.42. The maximum Gasteiger partial charge on any atom is 0.220 e. The topological polar surface area (TPSA) is 44.4 Å². The Morgan fingerprint density at radius 1 is 1.47 bits per heavy atom. The fourth-order valence-electron chi connectivity index (χ4n) is 3.10. The summed E-state index contributed by atoms with van der Waals surface area (Å²) < 4.78 is 0. The lowest BCUT2D eigenvalue weighted by molar-refractivity contribution is -0.122. The van der Waals surface area contributed by atoms with Crippen LogP contribution >= 0.6 is 0 Å². The van der Waals surface area contributed by atoms with E-state index in [0.29, 0.717) is 18.4 Å². The normalized spacial score (nSPS) is 25.9. The van der Waals surface area contributed by atoms with Crippen molar-refractivity contribution in [3.63, 3.8) is 0 Å². The number of benzene rings is 1. The average Bonchev–Trinajstić information content (AvgIpc) is 2.97. The molecule has 1 aromatic rings. The number of rotatable bonds is 3. The maximum absolute atomic E-state index is 12.1. The highest BCUT2D eigenvalue weighted by Gasteiger charge is 2.26. The zero-order valence-electron chi connectivity index (χ0n) is 11.4. The van der Waals surface area contributed by atoms with Crippen LogP contribution in [0, 0.1) is 0 Å². The number of carbonyl (C=O) groups excluding carboxylic acids is 1. The van der Waals surface area contributed by atoms with Crippen molar-refractivity contribution in [2.75, 3.05) is 32.0 Å². The monoisotopic (exact) mass is 259 g/mol. The van der Waals surface area contributed by atoms with E-state index in [1.807, 2.05) is 12.1 Å². The Bertz CT molecular complexity index is 474. The van der Waals surface area contributed by atoms with E-state index in [9.17, 15) is 4.79 Å². The number of nitrogens with one attached hydrogen (secondary N) is 2. The van der Waals surface area contributed by atoms with Crippen molar-refractivity contribution in [2.24, 2.45) is 0 Å². The minimum atomic E-state index is 0.184. The molecular weight excluding hydrogens is 238 g/mol. The molecule has 2 aliphatic rings. The van der Waals surface area contributed by atoms with Crippen molar-refractivity contribution in [1.29, 1.82) is 0 Å². The molecule has 2 unspecified atom stereocenters. The van der Waals surface area contributed by atoms with E-state index in [-0.39, 0.29) is 5.91 Å². The third kappa shape index (κ3) is 2.73. The van der Waals surface area contributed by atoms with Gasteiger partial charge in [0.1, 0.15) is 0 Å². The van der Waals surface area contributed by atoms with Gasteiger partial charge in [-0.05, 0) is 31.6 Å². The van der Waals surface area contributed by atoms with Gasteiger partial charge in [0.2, 0.25) is 5.91 Å². The van der Waals surface area contributed by atoms with Crippen LogP contribution in [0.2, 0.25) is 0 Å². The Balaban J connectivity index is 1.56. The molecular formula is C15H21N3O. The lowest BCUT2D eigenvalue weighted by Gasteiger charge is -2.15. The van der Waals surface area contributed by atoms with Crippen LogP contribution in [0.4, 0.5) is 5.69 Å². The molecule has 2 heterocycles. The van der Waals surface area contributed by atoms with Gasteiger partial charge in [0.05, 0.1) is 0 Å². The molecule has 1 fully saturated rings. The molecule has 2 atom stereocenters. The van der Waals surface area contributed by atoms with E-state index in [4.69, 9.17) is 0 Å². The largest absolute Gasteiger partial charge is 0.384 e. The van der Waals surface area contributed by atoms with Gasteiger partial charge in [-0.3, -0.25) is 4.79 Å². The number of anilines is 1. The second-order valence-corrected chi connectivity index (χ2v) is 5.68. The lowest BCUT2D eigenvalue weighted by Crippen LogP contribution is -2.37. The highest BCUT2D eigenvalue weighted by molar-refractivity contribution is 5.78. The van der Waals surface area contributed by atoms with E-state index in [1.54, 1.807) is 0 Å². The van der Waals surface area contributed by atoms with Crippen molar-refractivity contribution in [2.45, 2.75) is 24.8 Å². The van der Waals surface area contributed by atoms with Crippen molar-refractivity contribution >= 4 is 11.6 Å². The summed E-state index contributed by atoms with van der Waals surface area (Å²) >= 11 is 0. The molecule has 2 N–H and O–H groups in total. The van der Waals surface area contributed by atoms with Gasteiger partial charge in [-0.1, -0.05) is 18.2 Å². The summed E-state index contributed by atoms with van der Waals surface area (Å²) in [4.78, 5) is 14.4. The van der Waals surface area contributed by atoms with Gasteiger partial charge < -0.3 is 15.5 Å². The van der Waals surface area contributed by atoms with Gasteiger partial charge in [0.25, 0.3) is 0 Å². The maximum atomic E-state index is 12.1. The first-order valence-corrected chi connectivity index (χ1v) is 7.03. The summed E-state index contributed by atoms with van der Waals surface area (Å²) in [6, 6.07) is 8.61. The third-order valence-electron chi connectivity index (χ3n) is 4.13. The Morgan fingerprint density at radius 2 is 2.32 bits per heavy atom. The van der Waals surface area contributed by atoms with Gasteiger partial charge >= 0.3 is 0 Å². The highest BCUT2D eigenvalue weighted by Crippen LogP contribution is 2.33. The van der Waals surface area contributed by atoms with Crippen LogP contribution in [0.3, 0.4) is 0 Å². The van der Waals surface area contributed by atoms with E-state index < -0.39 is 0 Å². The molecule has 0 radical (unpaired) electrons. The fourth-order valence-corrected chi connectivity index (χ4v) is 3.10. The summed E-state index contributed by atoms with van der Waals surface area (Å²) in [5.41, 5.74) is 2.46. The second-order valence-electron chi connectivity index (χ2n) is 5.68. The molecule has 1 aromatic carbocycles. The minimum absolute atomic E-state index is 0.184. The summed E-state index contributed by atoms with van der Waals surface area (Å²) in [5.74, 6) is 0.499. The van der Waals surface area contributed by atoms with E-state index in [1.165, 1.54) is 11.3 Å². The van der Waals surface area contributed by atoms with Crippen LogP contribution in [-0.4, -0.2) is 43.5 Å². The number of likely N-dealkylation sites (N-methyl/N-ethyl adjacent to an activating group) is 1. The number of nitrogens with zero attached hydrogens (tertiary/aromatic N) is 1. The van der Waals surface area contributed by atoms with E-state index in [2.05, 4.69) is 34.7 Å². The Morgan fingerprint density at radius 3 is 3.11 bits per heavy atom. The minimum Gasteiger partial charge on any atom is -0.384 e. The van der Waals surface area contributed by atoms with Gasteiger partial charge in [-0.15, -0.1) is 0 Å². The molecule has 102 valence electrons. The lowest BCUT2D eigenvalue weighted by atomic mass is 9.97. The van der Waals surface area contributed by atoms with Crippen molar-refractivity contribution in [3.8, 4) is 0 Å². The molecule has 0 aromatic heterocycles. The summed E-state index contributed by atoms with van der Waals surface area (Å²) in [6.07, 6.45) is 1.66. The van der Waals surface area contributed by atoms with Crippen LogP contribution in [0.5, 0.6) is 0 Å². The number of amides is 1. The molecule has 1 amide bonds. The molecule has 0 spiro atoms. The zero-order chi connectivity index (χ0) is 13.2. The number of para-hydroxylation sites is 1. The number of hydrogen-bond donors (Lipinski definition) is 2. The van der Waals surface area contributed by atoms with Crippen molar-refractivity contribution in [3.05, 3.63) is 29.8 Å². The van der Waals surface area contributed by atoms with E-state index in [0.717, 1.165) is 26.1 Å². The SMILES string of the molecule is CN1CCC(NC(=O)CC2CNc3ccccc32)C1. The van der Waals surface area contributed by atoms with Crippen molar-refractivity contribution < 1.29 is 4.79 Å². The first-order chi connectivity index (χ1) is 9.22. The number of carbonyl (C=O) groups is 1. The van der Waals surface area contributed by atoms with Gasteiger partial charge in [0, 0.05) is 37.2 Å². The first-order valence-electron chi connectivity index (χ1n) is 7.03. The molecule has 1 saturated heterocycles. The van der Waals surface area contributed by atoms with Crippen LogP contribution in [0.1, 0.15) is 24.3 Å². The van der Waals surface area contributed by atoms with Crippen molar-refractivity contribution in [1.82, 2.24) is 10.2 Å². The van der Waals surface area contributed by atoms with E-state index >= 15 is 0 Å². The molecule has 3 rings (SSSR count). The smallest absolute Gasteiger partial charge is 0.220 e. The number of fused-ring (bicyclic) bond motifs is 1. The highest BCUT2D eigenvalue weighted by atomic mass is 16.1. The molecule has 4 heteroatoms. The molecule has 0 saturated carbocycles. The van der Waals surface area contributed by atoms with Crippen LogP contribution in [-0.2, 0) is 4.79 Å². The van der Waals surface area contributed by atoms with Gasteiger partial charge in [-0.2, -0.15) is 0 Å². The van der Waals surface area contributed by atoms with Crippen LogP contribution < -0.4 is 10.6 Å². The van der Waals surface area contributed by atoms with Gasteiger partial charge in [0.15, 0.2) is 0 Å². The predicted molar refractivity (Wildman–Crippen MR) is 76.3 cm³/mol.